The van der Waals surface area contributed by atoms with E-state index in [0.717, 1.165) is 18.2 Å². The van der Waals surface area contributed by atoms with Crippen molar-refractivity contribution in [2.24, 2.45) is 5.92 Å². The Labute approximate surface area is 190 Å². The summed E-state index contributed by atoms with van der Waals surface area (Å²) in [6.45, 7) is 4.70. The lowest BCUT2D eigenvalue weighted by Gasteiger charge is -2.14. The van der Waals surface area contributed by atoms with Crippen molar-refractivity contribution in [1.82, 2.24) is 20.4 Å². The van der Waals surface area contributed by atoms with Crippen LogP contribution in [0.15, 0.2) is 58.5 Å². The van der Waals surface area contributed by atoms with Gasteiger partial charge < -0.3 is 4.74 Å². The number of thioether (sulfide) groups is 1. The molecule has 0 atom stereocenters. The average Bonchev–Trinajstić information content (AvgIpc) is 2.80. The number of aromatic nitrogens is 2. The molecule has 8 nitrogen and oxygen atoms in total. The van der Waals surface area contributed by atoms with Crippen LogP contribution in [0, 0.1) is 5.92 Å². The van der Waals surface area contributed by atoms with E-state index in [9.17, 15) is 14.4 Å². The zero-order valence-corrected chi connectivity index (χ0v) is 19.1. The van der Waals surface area contributed by atoms with Crippen molar-refractivity contribution >= 4 is 34.5 Å². The van der Waals surface area contributed by atoms with Gasteiger partial charge in [-0.2, -0.15) is 0 Å². The molecule has 0 saturated carbocycles. The van der Waals surface area contributed by atoms with Gasteiger partial charge in [0.15, 0.2) is 5.16 Å². The van der Waals surface area contributed by atoms with Gasteiger partial charge >= 0.3 is 0 Å². The standard InChI is InChI=1S/C23H26N4O4S/c1-15(2)12-13-27-22(30)18-6-4-5-7-19(18)24-23(27)32-14-20(28)25-26-21(29)16-8-10-17(31-3)11-9-16/h4-11,15H,12-14H2,1-3H3,(H,25,28)(H,26,29). The van der Waals surface area contributed by atoms with Crippen molar-refractivity contribution in [2.45, 2.75) is 32.0 Å². The third-order valence-electron chi connectivity index (χ3n) is 4.76. The SMILES string of the molecule is COc1ccc(C(=O)NNC(=O)CSc2nc3ccccc3c(=O)n2CCC(C)C)cc1. The van der Waals surface area contributed by atoms with E-state index < -0.39 is 11.8 Å². The summed E-state index contributed by atoms with van der Waals surface area (Å²) in [6, 6.07) is 13.7. The first-order valence-corrected chi connectivity index (χ1v) is 11.2. The zero-order chi connectivity index (χ0) is 23.1. The number of benzene rings is 2. The number of ether oxygens (including phenoxy) is 1. The second kappa shape index (κ2) is 10.8. The molecule has 3 aromatic rings. The maximum atomic E-state index is 13.0. The normalized spacial score (nSPS) is 10.9. The zero-order valence-electron chi connectivity index (χ0n) is 18.3. The van der Waals surface area contributed by atoms with Crippen molar-refractivity contribution in [3.8, 4) is 5.75 Å². The first-order valence-electron chi connectivity index (χ1n) is 10.2. The predicted octanol–water partition coefficient (Wildman–Crippen LogP) is 3.00. The minimum absolute atomic E-state index is 0.00461. The van der Waals surface area contributed by atoms with Gasteiger partial charge in [0.05, 0.1) is 23.8 Å². The highest BCUT2D eigenvalue weighted by Gasteiger charge is 2.14. The summed E-state index contributed by atoms with van der Waals surface area (Å²) < 4.78 is 6.68. The molecule has 2 aromatic carbocycles. The van der Waals surface area contributed by atoms with Gasteiger partial charge in [-0.3, -0.25) is 29.8 Å². The number of fused-ring (bicyclic) bond motifs is 1. The third kappa shape index (κ3) is 5.88. The highest BCUT2D eigenvalue weighted by molar-refractivity contribution is 7.99. The summed E-state index contributed by atoms with van der Waals surface area (Å²) in [5.41, 5.74) is 5.64. The molecule has 0 aliphatic carbocycles. The molecule has 0 saturated heterocycles. The number of methoxy groups -OCH3 is 1. The molecule has 2 N–H and O–H groups in total. The summed E-state index contributed by atoms with van der Waals surface area (Å²) in [5.74, 6) is 0.199. The Morgan fingerprint density at radius 3 is 2.50 bits per heavy atom. The number of rotatable bonds is 8. The van der Waals surface area contributed by atoms with Crippen LogP contribution < -0.4 is 21.1 Å². The molecule has 0 aliphatic rings. The number of nitrogens with one attached hydrogen (secondary N) is 2. The van der Waals surface area contributed by atoms with Crippen LogP contribution in [0.3, 0.4) is 0 Å². The molecule has 0 fully saturated rings. The molecule has 1 aromatic heterocycles. The molecule has 9 heteroatoms. The van der Waals surface area contributed by atoms with Crippen molar-refractivity contribution in [1.29, 1.82) is 0 Å². The lowest BCUT2D eigenvalue weighted by atomic mass is 10.1. The maximum Gasteiger partial charge on any atom is 0.269 e. The second-order valence-corrected chi connectivity index (χ2v) is 8.51. The molecule has 3 rings (SSSR count). The Morgan fingerprint density at radius 2 is 1.81 bits per heavy atom. The van der Waals surface area contributed by atoms with Crippen LogP contribution in [0.25, 0.3) is 10.9 Å². The van der Waals surface area contributed by atoms with Gasteiger partial charge in [0.25, 0.3) is 11.5 Å². The molecular weight excluding hydrogens is 428 g/mol. The van der Waals surface area contributed by atoms with Crippen LogP contribution >= 0.6 is 11.8 Å². The van der Waals surface area contributed by atoms with Crippen molar-refractivity contribution in [3.63, 3.8) is 0 Å². The molecule has 0 radical (unpaired) electrons. The first kappa shape index (κ1) is 23.3. The number of amides is 2. The van der Waals surface area contributed by atoms with Gasteiger partial charge in [0.1, 0.15) is 5.75 Å². The lowest BCUT2D eigenvalue weighted by Crippen LogP contribution is -2.42. The minimum Gasteiger partial charge on any atom is -0.497 e. The van der Waals surface area contributed by atoms with Gasteiger partial charge in [-0.05, 0) is 48.7 Å². The van der Waals surface area contributed by atoms with Crippen molar-refractivity contribution < 1.29 is 14.3 Å². The van der Waals surface area contributed by atoms with Gasteiger partial charge in [0.2, 0.25) is 5.91 Å². The number of carbonyl (C=O) groups excluding carboxylic acids is 2. The quantitative estimate of drug-likeness (QED) is 0.308. The molecule has 0 aliphatic heterocycles. The van der Waals surface area contributed by atoms with E-state index in [-0.39, 0.29) is 11.3 Å². The number of para-hydroxylation sites is 1. The van der Waals surface area contributed by atoms with Crippen LogP contribution in [-0.4, -0.2) is 34.2 Å². The molecule has 32 heavy (non-hydrogen) atoms. The van der Waals surface area contributed by atoms with Crippen LogP contribution in [0.5, 0.6) is 5.75 Å². The van der Waals surface area contributed by atoms with Crippen LogP contribution in [0.4, 0.5) is 0 Å². The van der Waals surface area contributed by atoms with E-state index in [4.69, 9.17) is 4.74 Å². The van der Waals surface area contributed by atoms with Crippen molar-refractivity contribution in [3.05, 3.63) is 64.4 Å². The largest absolute Gasteiger partial charge is 0.497 e. The fourth-order valence-corrected chi connectivity index (χ4v) is 3.77. The van der Waals surface area contributed by atoms with Gasteiger partial charge in [-0.25, -0.2) is 4.98 Å². The van der Waals surface area contributed by atoms with Gasteiger partial charge in [-0.15, -0.1) is 0 Å². The monoisotopic (exact) mass is 454 g/mol. The summed E-state index contributed by atoms with van der Waals surface area (Å²) in [4.78, 5) is 42.0. The van der Waals surface area contributed by atoms with E-state index in [0.29, 0.717) is 39.8 Å². The highest BCUT2D eigenvalue weighted by atomic mass is 32.2. The molecule has 168 valence electrons. The summed E-state index contributed by atoms with van der Waals surface area (Å²) in [7, 11) is 1.54. The fourth-order valence-electron chi connectivity index (χ4n) is 2.95. The van der Waals surface area contributed by atoms with Crippen LogP contribution in [-0.2, 0) is 11.3 Å². The number of hydrogen-bond donors (Lipinski definition) is 2. The Bertz CT molecular complexity index is 1160. The molecule has 1 heterocycles. The minimum atomic E-state index is -0.441. The average molecular weight is 455 g/mol. The third-order valence-corrected chi connectivity index (χ3v) is 5.73. The molecular formula is C23H26N4O4S. The van der Waals surface area contributed by atoms with Crippen LogP contribution in [0.2, 0.25) is 0 Å². The smallest absolute Gasteiger partial charge is 0.269 e. The van der Waals surface area contributed by atoms with E-state index in [2.05, 4.69) is 29.7 Å². The molecule has 0 unspecified atom stereocenters. The van der Waals surface area contributed by atoms with Crippen LogP contribution in [0.1, 0.15) is 30.6 Å². The topological polar surface area (TPSA) is 102 Å². The summed E-state index contributed by atoms with van der Waals surface area (Å²) in [6.07, 6.45) is 0.817. The number of carbonyl (C=O) groups is 2. The first-order chi connectivity index (χ1) is 15.4. The number of nitrogens with zero attached hydrogens (tertiary/aromatic N) is 2. The predicted molar refractivity (Wildman–Crippen MR) is 125 cm³/mol. The maximum absolute atomic E-state index is 13.0. The summed E-state index contributed by atoms with van der Waals surface area (Å²) in [5, 5.41) is 1.03. The fraction of sp³-hybridized carbons (Fsp3) is 0.304. The Balaban J connectivity index is 1.66. The number of hydrazine groups is 1. The Hall–Kier alpha value is -3.33. The van der Waals surface area contributed by atoms with E-state index in [1.807, 2.05) is 12.1 Å². The molecule has 2 amide bonds. The van der Waals surface area contributed by atoms with E-state index in [1.165, 1.54) is 0 Å². The van der Waals surface area contributed by atoms with Crippen molar-refractivity contribution in [2.75, 3.05) is 12.9 Å². The van der Waals surface area contributed by atoms with E-state index >= 15 is 0 Å². The summed E-state index contributed by atoms with van der Waals surface area (Å²) >= 11 is 1.16. The van der Waals surface area contributed by atoms with Gasteiger partial charge in [0, 0.05) is 12.1 Å². The number of hydrogen-bond acceptors (Lipinski definition) is 6. The lowest BCUT2D eigenvalue weighted by molar-refractivity contribution is -0.119. The van der Waals surface area contributed by atoms with E-state index in [1.54, 1.807) is 48.1 Å². The Kier molecular flexibility index (Phi) is 7.88. The Morgan fingerprint density at radius 1 is 1.09 bits per heavy atom. The second-order valence-electron chi connectivity index (χ2n) is 7.57. The highest BCUT2D eigenvalue weighted by Crippen LogP contribution is 2.19. The molecule has 0 spiro atoms. The van der Waals surface area contributed by atoms with Gasteiger partial charge in [-0.1, -0.05) is 37.7 Å². The molecule has 0 bridgehead atoms.